The molecule has 26 heavy (non-hydrogen) atoms. The molecule has 0 spiro atoms. The predicted octanol–water partition coefficient (Wildman–Crippen LogP) is 2.21. The zero-order valence-corrected chi connectivity index (χ0v) is 14.4. The summed E-state index contributed by atoms with van der Waals surface area (Å²) in [6.07, 6.45) is 0. The number of sulfonamides is 1. The lowest BCUT2D eigenvalue weighted by Crippen LogP contribution is -2.32. The topological polar surface area (TPSA) is 93.7 Å². The number of anilines is 1. The van der Waals surface area contributed by atoms with Crippen LogP contribution in [0.2, 0.25) is 0 Å². The molecule has 0 unspecified atom stereocenters. The van der Waals surface area contributed by atoms with Gasteiger partial charge in [0.2, 0.25) is 15.9 Å². The first-order valence-electron chi connectivity index (χ1n) is 7.28. The molecule has 2 rings (SSSR count). The van der Waals surface area contributed by atoms with Gasteiger partial charge in [-0.15, -0.1) is 0 Å². The lowest BCUT2D eigenvalue weighted by molar-refractivity contribution is -0.115. The van der Waals surface area contributed by atoms with E-state index in [2.05, 4.69) is 14.8 Å². The average Bonchev–Trinajstić information content (AvgIpc) is 2.61. The SMILES string of the molecule is COc1ccc(S(=O)(=O)NCC(=O)Nc2ccc(OC(F)F)cc2)cc1. The Morgan fingerprint density at radius 2 is 1.62 bits per heavy atom. The zero-order valence-electron chi connectivity index (χ0n) is 13.6. The summed E-state index contributed by atoms with van der Waals surface area (Å²) in [7, 11) is -2.41. The van der Waals surface area contributed by atoms with E-state index in [1.807, 2.05) is 0 Å². The minimum atomic E-state index is -3.86. The monoisotopic (exact) mass is 386 g/mol. The molecule has 2 aromatic rings. The third kappa shape index (κ3) is 5.67. The van der Waals surface area contributed by atoms with Gasteiger partial charge in [-0.2, -0.15) is 8.78 Å². The first-order chi connectivity index (χ1) is 12.3. The van der Waals surface area contributed by atoms with E-state index in [-0.39, 0.29) is 10.6 Å². The van der Waals surface area contributed by atoms with E-state index in [4.69, 9.17) is 4.74 Å². The Kier molecular flexibility index (Phi) is 6.47. The fourth-order valence-electron chi connectivity index (χ4n) is 1.92. The van der Waals surface area contributed by atoms with Crippen LogP contribution < -0.4 is 19.5 Å². The van der Waals surface area contributed by atoms with E-state index in [1.54, 1.807) is 0 Å². The highest BCUT2D eigenvalue weighted by molar-refractivity contribution is 7.89. The van der Waals surface area contributed by atoms with Gasteiger partial charge in [0.15, 0.2) is 0 Å². The number of carbonyl (C=O) groups is 1. The normalized spacial score (nSPS) is 11.2. The van der Waals surface area contributed by atoms with Gasteiger partial charge in [0.1, 0.15) is 11.5 Å². The Morgan fingerprint density at radius 1 is 1.04 bits per heavy atom. The highest BCUT2D eigenvalue weighted by atomic mass is 32.2. The molecule has 0 fully saturated rings. The Morgan fingerprint density at radius 3 is 2.15 bits per heavy atom. The minimum Gasteiger partial charge on any atom is -0.497 e. The predicted molar refractivity (Wildman–Crippen MR) is 89.9 cm³/mol. The molecule has 0 bridgehead atoms. The number of ether oxygens (including phenoxy) is 2. The highest BCUT2D eigenvalue weighted by Crippen LogP contribution is 2.18. The quantitative estimate of drug-likeness (QED) is 0.726. The van der Waals surface area contributed by atoms with Crippen LogP contribution in [0.15, 0.2) is 53.4 Å². The number of alkyl halides is 2. The van der Waals surface area contributed by atoms with E-state index in [0.29, 0.717) is 11.4 Å². The van der Waals surface area contributed by atoms with Gasteiger partial charge < -0.3 is 14.8 Å². The molecule has 2 N–H and O–H groups in total. The second kappa shape index (κ2) is 8.59. The minimum absolute atomic E-state index is 0.0143. The summed E-state index contributed by atoms with van der Waals surface area (Å²) in [5.74, 6) is -0.177. The van der Waals surface area contributed by atoms with Crippen molar-refractivity contribution in [3.05, 3.63) is 48.5 Å². The van der Waals surface area contributed by atoms with Crippen molar-refractivity contribution in [3.63, 3.8) is 0 Å². The number of hydrogen-bond acceptors (Lipinski definition) is 5. The summed E-state index contributed by atoms with van der Waals surface area (Å²) in [5.41, 5.74) is 0.306. The van der Waals surface area contributed by atoms with Crippen LogP contribution in [0.25, 0.3) is 0 Å². The average molecular weight is 386 g/mol. The molecule has 0 saturated carbocycles. The van der Waals surface area contributed by atoms with Crippen LogP contribution in [-0.2, 0) is 14.8 Å². The van der Waals surface area contributed by atoms with Crippen LogP contribution in [-0.4, -0.2) is 34.6 Å². The summed E-state index contributed by atoms with van der Waals surface area (Å²) in [5, 5.41) is 2.44. The lowest BCUT2D eigenvalue weighted by atomic mass is 10.3. The molecule has 2 aromatic carbocycles. The molecular formula is C16H16F2N2O5S. The van der Waals surface area contributed by atoms with Crippen molar-refractivity contribution in [1.82, 2.24) is 4.72 Å². The number of carbonyl (C=O) groups excluding carboxylic acids is 1. The van der Waals surface area contributed by atoms with Crippen LogP contribution in [0.5, 0.6) is 11.5 Å². The molecule has 0 aliphatic heterocycles. The number of benzene rings is 2. The van der Waals surface area contributed by atoms with Crippen LogP contribution in [0, 0.1) is 0 Å². The van der Waals surface area contributed by atoms with Gasteiger partial charge in [0, 0.05) is 5.69 Å². The summed E-state index contributed by atoms with van der Waals surface area (Å²) < 4.78 is 59.7. The summed E-state index contributed by atoms with van der Waals surface area (Å²) in [4.78, 5) is 11.8. The van der Waals surface area contributed by atoms with Crippen molar-refractivity contribution < 1.29 is 31.5 Å². The third-order valence-corrected chi connectivity index (χ3v) is 4.57. The number of amides is 1. The Bertz CT molecular complexity index is 840. The molecule has 0 saturated heterocycles. The molecular weight excluding hydrogens is 370 g/mol. The highest BCUT2D eigenvalue weighted by Gasteiger charge is 2.15. The third-order valence-electron chi connectivity index (χ3n) is 3.16. The van der Waals surface area contributed by atoms with Crippen molar-refractivity contribution in [2.24, 2.45) is 0 Å². The molecule has 10 heteroatoms. The van der Waals surface area contributed by atoms with Gasteiger partial charge in [0.05, 0.1) is 18.6 Å². The van der Waals surface area contributed by atoms with Crippen molar-refractivity contribution in [2.75, 3.05) is 19.0 Å². The number of hydrogen-bond donors (Lipinski definition) is 2. The maximum absolute atomic E-state index is 12.1. The first kappa shape index (κ1) is 19.6. The van der Waals surface area contributed by atoms with Crippen molar-refractivity contribution in [2.45, 2.75) is 11.5 Å². The molecule has 1 amide bonds. The van der Waals surface area contributed by atoms with Crippen LogP contribution in [0.3, 0.4) is 0 Å². The summed E-state index contributed by atoms with van der Waals surface area (Å²) >= 11 is 0. The van der Waals surface area contributed by atoms with Gasteiger partial charge in [-0.3, -0.25) is 4.79 Å². The fraction of sp³-hybridized carbons (Fsp3) is 0.188. The number of nitrogens with one attached hydrogen (secondary N) is 2. The van der Waals surface area contributed by atoms with Crippen molar-refractivity contribution in [3.8, 4) is 11.5 Å². The molecule has 7 nitrogen and oxygen atoms in total. The first-order valence-corrected chi connectivity index (χ1v) is 8.77. The molecule has 0 radical (unpaired) electrons. The zero-order chi connectivity index (χ0) is 19.2. The smallest absolute Gasteiger partial charge is 0.387 e. The molecule has 0 aromatic heterocycles. The van der Waals surface area contributed by atoms with Gasteiger partial charge in [-0.05, 0) is 48.5 Å². The maximum Gasteiger partial charge on any atom is 0.387 e. The molecule has 140 valence electrons. The maximum atomic E-state index is 12.1. The second-order valence-corrected chi connectivity index (χ2v) is 6.72. The van der Waals surface area contributed by atoms with Gasteiger partial charge in [-0.1, -0.05) is 0 Å². The van der Waals surface area contributed by atoms with Gasteiger partial charge in [0.25, 0.3) is 0 Å². The largest absolute Gasteiger partial charge is 0.497 e. The Labute approximate surface area is 149 Å². The van der Waals surface area contributed by atoms with Gasteiger partial charge in [-0.25, -0.2) is 13.1 Å². The molecule has 0 heterocycles. The van der Waals surface area contributed by atoms with Crippen molar-refractivity contribution in [1.29, 1.82) is 0 Å². The van der Waals surface area contributed by atoms with E-state index in [1.165, 1.54) is 55.6 Å². The van der Waals surface area contributed by atoms with E-state index < -0.39 is 29.1 Å². The Balaban J connectivity index is 1.90. The van der Waals surface area contributed by atoms with Crippen molar-refractivity contribution >= 4 is 21.6 Å². The summed E-state index contributed by atoms with van der Waals surface area (Å²) in [6.45, 7) is -3.44. The standard InChI is InChI=1S/C16H16F2N2O5S/c1-24-12-6-8-14(9-7-12)26(22,23)19-10-15(21)20-11-2-4-13(5-3-11)25-16(17)18/h2-9,16,19H,10H2,1H3,(H,20,21). The lowest BCUT2D eigenvalue weighted by Gasteiger charge is -2.09. The molecule has 0 aliphatic rings. The van der Waals surface area contributed by atoms with Crippen LogP contribution in [0.1, 0.15) is 0 Å². The summed E-state index contributed by atoms with van der Waals surface area (Å²) in [6, 6.07) is 10.9. The Hall–Kier alpha value is -2.72. The number of halogens is 2. The van der Waals surface area contributed by atoms with E-state index >= 15 is 0 Å². The second-order valence-electron chi connectivity index (χ2n) is 4.95. The molecule has 0 atom stereocenters. The van der Waals surface area contributed by atoms with Crippen LogP contribution >= 0.6 is 0 Å². The van der Waals surface area contributed by atoms with E-state index in [0.717, 1.165) is 0 Å². The van der Waals surface area contributed by atoms with Gasteiger partial charge >= 0.3 is 6.61 Å². The van der Waals surface area contributed by atoms with E-state index in [9.17, 15) is 22.0 Å². The number of rotatable bonds is 8. The number of methoxy groups -OCH3 is 1. The van der Waals surface area contributed by atoms with Crippen LogP contribution in [0.4, 0.5) is 14.5 Å². The molecule has 0 aliphatic carbocycles. The fourth-order valence-corrected chi connectivity index (χ4v) is 2.91.